The fourth-order valence-electron chi connectivity index (χ4n) is 2.80. The third-order valence-corrected chi connectivity index (χ3v) is 3.68. The van der Waals surface area contributed by atoms with E-state index in [1.165, 1.54) is 12.8 Å². The molecule has 2 unspecified atom stereocenters. The second-order valence-corrected chi connectivity index (χ2v) is 6.00. The van der Waals surface area contributed by atoms with Gasteiger partial charge in [-0.15, -0.1) is 0 Å². The summed E-state index contributed by atoms with van der Waals surface area (Å²) in [5.41, 5.74) is 0.183. The number of hydrogen-bond donors (Lipinski definition) is 1. The summed E-state index contributed by atoms with van der Waals surface area (Å²) in [4.78, 5) is 2.60. The molecule has 3 nitrogen and oxygen atoms in total. The maximum absolute atomic E-state index is 5.58. The molecule has 102 valence electrons. The third-order valence-electron chi connectivity index (χ3n) is 3.68. The molecule has 1 fully saturated rings. The maximum Gasteiger partial charge on any atom is 0.0645 e. The number of nitrogens with one attached hydrogen (secondary N) is 1. The van der Waals surface area contributed by atoms with Crippen LogP contribution < -0.4 is 5.32 Å². The Bertz CT molecular complexity index is 218. The Morgan fingerprint density at radius 1 is 1.35 bits per heavy atom. The van der Waals surface area contributed by atoms with Crippen molar-refractivity contribution in [3.8, 4) is 0 Å². The molecule has 1 aliphatic heterocycles. The molecule has 17 heavy (non-hydrogen) atoms. The standard InChI is InChI=1S/C14H30N2O/c1-6-7-15-12(2)10-13(3)16-8-9-17-11-14(16,4)5/h12-13,15H,6-11H2,1-5H3. The van der Waals surface area contributed by atoms with E-state index in [0.29, 0.717) is 12.1 Å². The first-order valence-electron chi connectivity index (χ1n) is 7.05. The van der Waals surface area contributed by atoms with Crippen LogP contribution in [0.15, 0.2) is 0 Å². The fraction of sp³-hybridized carbons (Fsp3) is 1.00. The molecule has 0 radical (unpaired) electrons. The zero-order chi connectivity index (χ0) is 12.9. The van der Waals surface area contributed by atoms with E-state index in [1.807, 2.05) is 0 Å². The number of rotatable bonds is 6. The largest absolute Gasteiger partial charge is 0.378 e. The molecule has 0 aliphatic carbocycles. The van der Waals surface area contributed by atoms with Crippen molar-refractivity contribution in [1.82, 2.24) is 10.2 Å². The molecular weight excluding hydrogens is 212 g/mol. The van der Waals surface area contributed by atoms with E-state index in [-0.39, 0.29) is 5.54 Å². The smallest absolute Gasteiger partial charge is 0.0645 e. The van der Waals surface area contributed by atoms with Crippen LogP contribution in [0.1, 0.15) is 47.5 Å². The molecule has 1 saturated heterocycles. The van der Waals surface area contributed by atoms with Gasteiger partial charge in [0.15, 0.2) is 0 Å². The van der Waals surface area contributed by atoms with Gasteiger partial charge in [-0.25, -0.2) is 0 Å². The predicted octanol–water partition coefficient (Wildman–Crippen LogP) is 2.26. The second kappa shape index (κ2) is 6.72. The van der Waals surface area contributed by atoms with Crippen molar-refractivity contribution in [3.63, 3.8) is 0 Å². The van der Waals surface area contributed by atoms with Gasteiger partial charge in [0.1, 0.15) is 0 Å². The van der Waals surface area contributed by atoms with Gasteiger partial charge >= 0.3 is 0 Å². The van der Waals surface area contributed by atoms with Gasteiger partial charge in [-0.3, -0.25) is 4.90 Å². The van der Waals surface area contributed by atoms with Gasteiger partial charge in [0.2, 0.25) is 0 Å². The normalized spacial score (nSPS) is 24.5. The van der Waals surface area contributed by atoms with Gasteiger partial charge in [-0.1, -0.05) is 6.92 Å². The van der Waals surface area contributed by atoms with Crippen molar-refractivity contribution in [2.24, 2.45) is 0 Å². The van der Waals surface area contributed by atoms with Crippen molar-refractivity contribution < 1.29 is 4.74 Å². The maximum atomic E-state index is 5.58. The molecule has 0 spiro atoms. The highest BCUT2D eigenvalue weighted by atomic mass is 16.5. The lowest BCUT2D eigenvalue weighted by Crippen LogP contribution is -2.57. The summed E-state index contributed by atoms with van der Waals surface area (Å²) in [5, 5.41) is 3.57. The molecule has 3 heteroatoms. The molecular formula is C14H30N2O. The number of ether oxygens (including phenoxy) is 1. The Morgan fingerprint density at radius 3 is 2.65 bits per heavy atom. The van der Waals surface area contributed by atoms with Crippen LogP contribution in [-0.2, 0) is 4.74 Å². The minimum Gasteiger partial charge on any atom is -0.378 e. The first-order valence-corrected chi connectivity index (χ1v) is 7.05. The van der Waals surface area contributed by atoms with Crippen molar-refractivity contribution in [2.75, 3.05) is 26.3 Å². The summed E-state index contributed by atoms with van der Waals surface area (Å²) in [6.07, 6.45) is 2.42. The molecule has 0 aromatic carbocycles. The molecule has 2 atom stereocenters. The van der Waals surface area contributed by atoms with Crippen molar-refractivity contribution in [3.05, 3.63) is 0 Å². The number of nitrogens with zero attached hydrogens (tertiary/aromatic N) is 1. The SMILES string of the molecule is CCCNC(C)CC(C)N1CCOCC1(C)C. The quantitative estimate of drug-likeness (QED) is 0.773. The summed E-state index contributed by atoms with van der Waals surface area (Å²) in [5.74, 6) is 0. The van der Waals surface area contributed by atoms with Gasteiger partial charge < -0.3 is 10.1 Å². The van der Waals surface area contributed by atoms with Crippen LogP contribution in [0.25, 0.3) is 0 Å². The first kappa shape index (κ1) is 14.9. The summed E-state index contributed by atoms with van der Waals surface area (Å²) < 4.78 is 5.58. The fourth-order valence-corrected chi connectivity index (χ4v) is 2.80. The highest BCUT2D eigenvalue weighted by Crippen LogP contribution is 2.23. The van der Waals surface area contributed by atoms with Crippen LogP contribution in [0, 0.1) is 0 Å². The van der Waals surface area contributed by atoms with Gasteiger partial charge in [0.05, 0.1) is 13.2 Å². The Balaban J connectivity index is 2.42. The van der Waals surface area contributed by atoms with E-state index in [0.717, 1.165) is 26.3 Å². The molecule has 0 amide bonds. The predicted molar refractivity (Wildman–Crippen MR) is 73.4 cm³/mol. The van der Waals surface area contributed by atoms with E-state index >= 15 is 0 Å². The van der Waals surface area contributed by atoms with Crippen LogP contribution >= 0.6 is 0 Å². The monoisotopic (exact) mass is 242 g/mol. The highest BCUT2D eigenvalue weighted by Gasteiger charge is 2.33. The number of hydrogen-bond acceptors (Lipinski definition) is 3. The van der Waals surface area contributed by atoms with Crippen molar-refractivity contribution >= 4 is 0 Å². The second-order valence-electron chi connectivity index (χ2n) is 6.00. The molecule has 0 saturated carbocycles. The Hall–Kier alpha value is -0.120. The summed E-state index contributed by atoms with van der Waals surface area (Å²) in [7, 11) is 0. The minimum atomic E-state index is 0.183. The lowest BCUT2D eigenvalue weighted by Gasteiger charge is -2.46. The zero-order valence-electron chi connectivity index (χ0n) is 12.3. The molecule has 0 bridgehead atoms. The van der Waals surface area contributed by atoms with E-state index in [4.69, 9.17) is 4.74 Å². The summed E-state index contributed by atoms with van der Waals surface area (Å²) in [6.45, 7) is 15.3. The topological polar surface area (TPSA) is 24.5 Å². The molecule has 1 N–H and O–H groups in total. The van der Waals surface area contributed by atoms with Crippen LogP contribution in [-0.4, -0.2) is 48.8 Å². The lowest BCUT2D eigenvalue weighted by molar-refractivity contribution is -0.0710. The van der Waals surface area contributed by atoms with Gasteiger partial charge in [0.25, 0.3) is 0 Å². The van der Waals surface area contributed by atoms with Crippen molar-refractivity contribution in [2.45, 2.75) is 65.1 Å². The summed E-state index contributed by atoms with van der Waals surface area (Å²) >= 11 is 0. The number of morpholine rings is 1. The van der Waals surface area contributed by atoms with Crippen LogP contribution in [0.2, 0.25) is 0 Å². The van der Waals surface area contributed by atoms with Crippen LogP contribution in [0.5, 0.6) is 0 Å². The zero-order valence-corrected chi connectivity index (χ0v) is 12.3. The first-order chi connectivity index (χ1) is 7.97. The van der Waals surface area contributed by atoms with Crippen molar-refractivity contribution in [1.29, 1.82) is 0 Å². The van der Waals surface area contributed by atoms with E-state index in [1.54, 1.807) is 0 Å². The Morgan fingerprint density at radius 2 is 2.06 bits per heavy atom. The minimum absolute atomic E-state index is 0.183. The molecule has 0 aromatic heterocycles. The molecule has 1 rings (SSSR count). The highest BCUT2D eigenvalue weighted by molar-refractivity contribution is 4.88. The van der Waals surface area contributed by atoms with Gasteiger partial charge in [-0.05, 0) is 47.1 Å². The van der Waals surface area contributed by atoms with E-state index in [2.05, 4.69) is 44.8 Å². The van der Waals surface area contributed by atoms with Gasteiger partial charge in [0, 0.05) is 24.2 Å². The van der Waals surface area contributed by atoms with Gasteiger partial charge in [-0.2, -0.15) is 0 Å². The van der Waals surface area contributed by atoms with E-state index in [9.17, 15) is 0 Å². The van der Waals surface area contributed by atoms with Crippen LogP contribution in [0.4, 0.5) is 0 Å². The Kier molecular flexibility index (Phi) is 5.90. The summed E-state index contributed by atoms with van der Waals surface area (Å²) in [6, 6.07) is 1.22. The van der Waals surface area contributed by atoms with E-state index < -0.39 is 0 Å². The molecule has 1 aliphatic rings. The van der Waals surface area contributed by atoms with Crippen LogP contribution in [0.3, 0.4) is 0 Å². The third kappa shape index (κ3) is 4.57. The Labute approximate surface area is 107 Å². The molecule has 1 heterocycles. The average Bonchev–Trinajstić information content (AvgIpc) is 2.25. The molecule has 0 aromatic rings. The lowest BCUT2D eigenvalue weighted by atomic mass is 9.97. The average molecular weight is 242 g/mol.